The number of hydrogen-bond donors (Lipinski definition) is 2. The van der Waals surface area contributed by atoms with Gasteiger partial charge in [-0.1, -0.05) is 63.6 Å². The first-order valence-corrected chi connectivity index (χ1v) is 14.2. The number of rotatable bonds is 16. The number of amides is 1. The summed E-state index contributed by atoms with van der Waals surface area (Å²) in [5.74, 6) is 1.59. The maximum atomic E-state index is 13.4. The highest BCUT2D eigenvalue weighted by atomic mass is 32.2. The Balaban J connectivity index is 1.94. The summed E-state index contributed by atoms with van der Waals surface area (Å²) in [6.45, 7) is 8.40. The van der Waals surface area contributed by atoms with Gasteiger partial charge in [-0.05, 0) is 86.2 Å². The number of aliphatic hydroxyl groups excluding tert-OH is 1. The molecule has 2 N–H and O–H groups in total. The molecule has 0 fully saturated rings. The highest BCUT2D eigenvalue weighted by molar-refractivity contribution is 8.00. The number of methoxy groups -OCH3 is 1. The molecule has 5 heteroatoms. The number of anilines is 1. The topological polar surface area (TPSA) is 58.6 Å². The van der Waals surface area contributed by atoms with Crippen molar-refractivity contribution >= 4 is 23.4 Å². The lowest BCUT2D eigenvalue weighted by Gasteiger charge is -2.19. The van der Waals surface area contributed by atoms with Gasteiger partial charge in [-0.2, -0.15) is 0 Å². The summed E-state index contributed by atoms with van der Waals surface area (Å²) in [6, 6.07) is 11.9. The number of carbonyl (C=O) groups is 1. The second kappa shape index (κ2) is 15.9. The summed E-state index contributed by atoms with van der Waals surface area (Å²) < 4.78 is 5.30. The molecule has 1 amide bonds. The average molecular weight is 500 g/mol. The van der Waals surface area contributed by atoms with Gasteiger partial charge >= 0.3 is 0 Å². The lowest BCUT2D eigenvalue weighted by molar-refractivity contribution is -0.115. The van der Waals surface area contributed by atoms with E-state index in [9.17, 15) is 9.90 Å². The van der Waals surface area contributed by atoms with E-state index in [1.54, 1.807) is 18.9 Å². The average Bonchev–Trinajstić information content (AvgIpc) is 2.84. The van der Waals surface area contributed by atoms with Gasteiger partial charge in [0.1, 0.15) is 11.0 Å². The Morgan fingerprint density at radius 2 is 1.63 bits per heavy atom. The van der Waals surface area contributed by atoms with Crippen LogP contribution in [0.25, 0.3) is 0 Å². The smallest absolute Gasteiger partial charge is 0.242 e. The highest BCUT2D eigenvalue weighted by Crippen LogP contribution is 2.33. The molecule has 35 heavy (non-hydrogen) atoms. The van der Waals surface area contributed by atoms with Crippen molar-refractivity contribution in [3.63, 3.8) is 0 Å². The summed E-state index contributed by atoms with van der Waals surface area (Å²) in [6.07, 6.45) is 9.78. The molecule has 2 aromatic rings. The number of hydrogen-bond acceptors (Lipinski definition) is 4. The standard InChI is InChI=1S/C30H45NO3S/c1-6-7-8-9-10-11-13-26(32)14-12-19-35-29(25-15-17-27(34-5)18-16-25)30(33)31-28-21-22(2)20-23(3)24(28)4/h15-18,20-21,26,29,32H,6-14,19H2,1-5H3,(H,31,33). The fraction of sp³-hybridized carbons (Fsp3) is 0.567. The Kier molecular flexibility index (Phi) is 13.3. The van der Waals surface area contributed by atoms with E-state index in [0.717, 1.165) is 59.6 Å². The molecule has 0 spiro atoms. The van der Waals surface area contributed by atoms with E-state index < -0.39 is 0 Å². The van der Waals surface area contributed by atoms with Crippen molar-refractivity contribution in [2.45, 2.75) is 96.8 Å². The van der Waals surface area contributed by atoms with Gasteiger partial charge in [0.15, 0.2) is 0 Å². The molecule has 0 aliphatic heterocycles. The molecule has 0 saturated carbocycles. The number of nitrogens with one attached hydrogen (secondary N) is 1. The van der Waals surface area contributed by atoms with Crippen LogP contribution in [0.5, 0.6) is 5.75 Å². The lowest BCUT2D eigenvalue weighted by atomic mass is 10.0. The summed E-state index contributed by atoms with van der Waals surface area (Å²) in [4.78, 5) is 13.4. The van der Waals surface area contributed by atoms with Gasteiger partial charge in [0.05, 0.1) is 13.2 Å². The maximum absolute atomic E-state index is 13.4. The van der Waals surface area contributed by atoms with Gasteiger partial charge in [0.2, 0.25) is 5.91 Å². The van der Waals surface area contributed by atoms with Crippen LogP contribution in [0.15, 0.2) is 36.4 Å². The molecule has 194 valence electrons. The molecule has 0 aromatic heterocycles. The van der Waals surface area contributed by atoms with Gasteiger partial charge in [0.25, 0.3) is 0 Å². The Hall–Kier alpha value is -1.98. The largest absolute Gasteiger partial charge is 0.497 e. The second-order valence-corrected chi connectivity index (χ2v) is 10.8. The van der Waals surface area contributed by atoms with Crippen LogP contribution < -0.4 is 10.1 Å². The number of ether oxygens (including phenoxy) is 1. The molecular formula is C30H45NO3S. The zero-order chi connectivity index (χ0) is 25.6. The van der Waals surface area contributed by atoms with Crippen LogP contribution in [0.1, 0.15) is 92.2 Å². The van der Waals surface area contributed by atoms with Crippen LogP contribution >= 0.6 is 11.8 Å². The molecule has 0 aliphatic carbocycles. The predicted octanol–water partition coefficient (Wildman–Crippen LogP) is 7.93. The quantitative estimate of drug-likeness (QED) is 0.230. The zero-order valence-corrected chi connectivity index (χ0v) is 23.2. The molecule has 0 aliphatic rings. The van der Waals surface area contributed by atoms with Crippen LogP contribution in [0.3, 0.4) is 0 Å². The second-order valence-electron chi connectivity index (χ2n) is 9.62. The fourth-order valence-corrected chi connectivity index (χ4v) is 5.42. The number of carbonyl (C=O) groups excluding carboxylic acids is 1. The van der Waals surface area contributed by atoms with Gasteiger partial charge in [0, 0.05) is 5.69 Å². The Morgan fingerprint density at radius 1 is 0.971 bits per heavy atom. The molecule has 0 radical (unpaired) electrons. The number of benzene rings is 2. The molecule has 0 heterocycles. The molecule has 2 atom stereocenters. The minimum absolute atomic E-state index is 0.0131. The summed E-state index contributed by atoms with van der Waals surface area (Å²) >= 11 is 1.65. The molecule has 2 aromatic carbocycles. The zero-order valence-electron chi connectivity index (χ0n) is 22.4. The van der Waals surface area contributed by atoms with E-state index in [0.29, 0.717) is 0 Å². The number of aliphatic hydroxyl groups is 1. The Bertz CT molecular complexity index is 897. The molecule has 4 nitrogen and oxygen atoms in total. The van der Waals surface area contributed by atoms with E-state index in [2.05, 4.69) is 25.2 Å². The highest BCUT2D eigenvalue weighted by Gasteiger charge is 2.22. The molecular weight excluding hydrogens is 454 g/mol. The number of aryl methyl sites for hydroxylation is 2. The van der Waals surface area contributed by atoms with Gasteiger partial charge in [-0.3, -0.25) is 4.79 Å². The van der Waals surface area contributed by atoms with Crippen LogP contribution in [0.4, 0.5) is 5.69 Å². The van der Waals surface area contributed by atoms with E-state index in [-0.39, 0.29) is 17.3 Å². The molecule has 2 rings (SSSR count). The van der Waals surface area contributed by atoms with E-state index in [1.807, 2.05) is 44.2 Å². The van der Waals surface area contributed by atoms with Crippen LogP contribution in [-0.4, -0.2) is 30.0 Å². The summed E-state index contributed by atoms with van der Waals surface area (Å²) in [5, 5.41) is 13.2. The van der Waals surface area contributed by atoms with Gasteiger partial charge in [-0.25, -0.2) is 0 Å². The lowest BCUT2D eigenvalue weighted by Crippen LogP contribution is -2.20. The minimum atomic E-state index is -0.322. The normalized spacial score (nSPS) is 12.9. The Labute approximate surface area is 217 Å². The van der Waals surface area contributed by atoms with Crippen molar-refractivity contribution in [1.29, 1.82) is 0 Å². The van der Waals surface area contributed by atoms with Crippen molar-refractivity contribution < 1.29 is 14.6 Å². The SMILES string of the molecule is CCCCCCCCC(O)CCCSC(C(=O)Nc1cc(C)cc(C)c1C)c1ccc(OC)cc1. The predicted molar refractivity (Wildman–Crippen MR) is 151 cm³/mol. The first kappa shape index (κ1) is 29.3. The number of unbranched alkanes of at least 4 members (excludes halogenated alkanes) is 5. The third-order valence-corrected chi connectivity index (χ3v) is 7.93. The van der Waals surface area contributed by atoms with E-state index in [4.69, 9.17) is 4.74 Å². The third-order valence-electron chi connectivity index (χ3n) is 6.58. The fourth-order valence-electron chi connectivity index (χ4n) is 4.29. The first-order valence-electron chi connectivity index (χ1n) is 13.2. The van der Waals surface area contributed by atoms with Crippen LogP contribution in [0.2, 0.25) is 0 Å². The van der Waals surface area contributed by atoms with Crippen molar-refractivity contribution in [2.75, 3.05) is 18.2 Å². The molecule has 0 saturated heterocycles. The summed E-state index contributed by atoms with van der Waals surface area (Å²) in [5.41, 5.74) is 5.24. The van der Waals surface area contributed by atoms with Crippen molar-refractivity contribution in [1.82, 2.24) is 0 Å². The van der Waals surface area contributed by atoms with E-state index in [1.165, 1.54) is 37.7 Å². The molecule has 0 bridgehead atoms. The minimum Gasteiger partial charge on any atom is -0.497 e. The monoisotopic (exact) mass is 499 g/mol. The van der Waals surface area contributed by atoms with Crippen LogP contribution in [-0.2, 0) is 4.79 Å². The summed E-state index contributed by atoms with van der Waals surface area (Å²) in [7, 11) is 1.65. The van der Waals surface area contributed by atoms with Gasteiger partial charge in [-0.15, -0.1) is 11.8 Å². The molecule has 2 unspecified atom stereocenters. The van der Waals surface area contributed by atoms with E-state index >= 15 is 0 Å². The van der Waals surface area contributed by atoms with Crippen molar-refractivity contribution in [3.05, 3.63) is 58.7 Å². The van der Waals surface area contributed by atoms with Crippen molar-refractivity contribution in [2.24, 2.45) is 0 Å². The number of thioether (sulfide) groups is 1. The van der Waals surface area contributed by atoms with Crippen molar-refractivity contribution in [3.8, 4) is 5.75 Å². The maximum Gasteiger partial charge on any atom is 0.242 e. The third kappa shape index (κ3) is 10.3. The van der Waals surface area contributed by atoms with Gasteiger partial charge < -0.3 is 15.2 Å². The first-order chi connectivity index (χ1) is 16.8. The van der Waals surface area contributed by atoms with Crippen LogP contribution in [0, 0.1) is 20.8 Å². The Morgan fingerprint density at radius 3 is 2.31 bits per heavy atom.